The predicted molar refractivity (Wildman–Crippen MR) is 65.6 cm³/mol. The first-order valence-corrected chi connectivity index (χ1v) is 5.60. The predicted octanol–water partition coefficient (Wildman–Crippen LogP) is 0.744. The van der Waals surface area contributed by atoms with Crippen molar-refractivity contribution in [2.45, 2.75) is 12.8 Å². The summed E-state index contributed by atoms with van der Waals surface area (Å²) in [5.74, 6) is -0.559. The molecule has 2 amide bonds. The number of amides is 2. The first-order chi connectivity index (χ1) is 8.11. The number of carbonyl (C=O) groups excluding carboxylic acids is 2. The van der Waals surface area contributed by atoms with E-state index in [2.05, 4.69) is 4.98 Å². The molecule has 0 aliphatic carbocycles. The molecule has 1 aliphatic rings. The third-order valence-electron chi connectivity index (χ3n) is 2.58. The molecule has 5 nitrogen and oxygen atoms in total. The lowest BCUT2D eigenvalue weighted by molar-refractivity contribution is 0.0653. The van der Waals surface area contributed by atoms with Crippen LogP contribution in [-0.4, -0.2) is 33.2 Å². The number of thiocarbonyl (C=S) groups is 1. The van der Waals surface area contributed by atoms with Gasteiger partial charge in [-0.1, -0.05) is 12.2 Å². The van der Waals surface area contributed by atoms with Gasteiger partial charge in [0.2, 0.25) is 0 Å². The summed E-state index contributed by atoms with van der Waals surface area (Å²) >= 11 is 4.74. The van der Waals surface area contributed by atoms with Gasteiger partial charge in [-0.15, -0.1) is 0 Å². The van der Waals surface area contributed by atoms with Crippen LogP contribution >= 0.6 is 12.2 Å². The van der Waals surface area contributed by atoms with E-state index in [0.29, 0.717) is 35.5 Å². The van der Waals surface area contributed by atoms with E-state index in [1.54, 1.807) is 6.07 Å². The van der Waals surface area contributed by atoms with Crippen molar-refractivity contribution in [3.63, 3.8) is 0 Å². The molecule has 1 aliphatic heterocycles. The van der Waals surface area contributed by atoms with Crippen LogP contribution in [0.5, 0.6) is 0 Å². The molecular weight excluding hydrogens is 238 g/mol. The summed E-state index contributed by atoms with van der Waals surface area (Å²) in [5, 5.41) is 0. The van der Waals surface area contributed by atoms with E-state index in [0.717, 1.165) is 0 Å². The topological polar surface area (TPSA) is 76.3 Å². The first-order valence-electron chi connectivity index (χ1n) is 5.20. The molecule has 0 bridgehead atoms. The second kappa shape index (κ2) is 4.58. The van der Waals surface area contributed by atoms with Crippen LogP contribution in [0.25, 0.3) is 0 Å². The number of carbonyl (C=O) groups is 2. The van der Waals surface area contributed by atoms with E-state index in [-0.39, 0.29) is 11.8 Å². The van der Waals surface area contributed by atoms with Gasteiger partial charge in [-0.25, -0.2) is 0 Å². The van der Waals surface area contributed by atoms with Crippen molar-refractivity contribution in [2.75, 3.05) is 6.54 Å². The number of hydrogen-bond donors (Lipinski definition) is 1. The average molecular weight is 249 g/mol. The van der Waals surface area contributed by atoms with Gasteiger partial charge in [0.1, 0.15) is 0 Å². The Morgan fingerprint density at radius 3 is 2.71 bits per heavy atom. The molecule has 1 aromatic rings. The Morgan fingerprint density at radius 2 is 2.06 bits per heavy atom. The lowest BCUT2D eigenvalue weighted by Crippen LogP contribution is -2.31. The summed E-state index contributed by atoms with van der Waals surface area (Å²) in [6, 6.07) is 1.56. The van der Waals surface area contributed by atoms with E-state index >= 15 is 0 Å². The van der Waals surface area contributed by atoms with Gasteiger partial charge in [-0.2, -0.15) is 0 Å². The SMILES string of the molecule is NC(=S)CCCN1C(=O)c2ccncc2C1=O. The third-order valence-corrected chi connectivity index (χ3v) is 2.78. The molecule has 0 radical (unpaired) electrons. The highest BCUT2D eigenvalue weighted by molar-refractivity contribution is 7.80. The Kier molecular flexibility index (Phi) is 3.14. The van der Waals surface area contributed by atoms with Crippen molar-refractivity contribution in [1.82, 2.24) is 9.88 Å². The normalized spacial score (nSPS) is 14.0. The van der Waals surface area contributed by atoms with Gasteiger partial charge in [-0.05, 0) is 18.9 Å². The summed E-state index contributed by atoms with van der Waals surface area (Å²) in [6.45, 7) is 0.337. The summed E-state index contributed by atoms with van der Waals surface area (Å²) in [6.07, 6.45) is 4.04. The molecule has 0 spiro atoms. The van der Waals surface area contributed by atoms with E-state index in [9.17, 15) is 9.59 Å². The Labute approximate surface area is 104 Å². The lowest BCUT2D eigenvalue weighted by Gasteiger charge is -2.12. The largest absolute Gasteiger partial charge is 0.393 e. The van der Waals surface area contributed by atoms with Crippen LogP contribution in [-0.2, 0) is 0 Å². The molecule has 0 saturated heterocycles. The van der Waals surface area contributed by atoms with Crippen molar-refractivity contribution in [3.05, 3.63) is 29.6 Å². The van der Waals surface area contributed by atoms with Gasteiger partial charge in [0.15, 0.2) is 0 Å². The number of imide groups is 1. The number of aromatic nitrogens is 1. The second-order valence-electron chi connectivity index (χ2n) is 3.75. The Balaban J connectivity index is 2.11. The highest BCUT2D eigenvalue weighted by atomic mass is 32.1. The fourth-order valence-electron chi connectivity index (χ4n) is 1.75. The maximum atomic E-state index is 11.9. The molecule has 0 aromatic carbocycles. The molecule has 0 unspecified atom stereocenters. The van der Waals surface area contributed by atoms with Gasteiger partial charge >= 0.3 is 0 Å². The summed E-state index contributed by atoms with van der Waals surface area (Å²) in [7, 11) is 0. The highest BCUT2D eigenvalue weighted by Crippen LogP contribution is 2.21. The van der Waals surface area contributed by atoms with E-state index < -0.39 is 0 Å². The molecule has 88 valence electrons. The molecule has 0 saturated carbocycles. The van der Waals surface area contributed by atoms with Crippen LogP contribution in [0, 0.1) is 0 Å². The maximum absolute atomic E-state index is 11.9. The van der Waals surface area contributed by atoms with Crippen LogP contribution in [0.2, 0.25) is 0 Å². The number of rotatable bonds is 4. The van der Waals surface area contributed by atoms with Crippen molar-refractivity contribution in [2.24, 2.45) is 5.73 Å². The van der Waals surface area contributed by atoms with Gasteiger partial charge in [0, 0.05) is 18.9 Å². The fourth-order valence-corrected chi connectivity index (χ4v) is 1.89. The minimum absolute atomic E-state index is 0.268. The van der Waals surface area contributed by atoms with Crippen molar-refractivity contribution in [1.29, 1.82) is 0 Å². The first kappa shape index (κ1) is 11.7. The zero-order valence-corrected chi connectivity index (χ0v) is 9.87. The molecule has 1 aromatic heterocycles. The summed E-state index contributed by atoms with van der Waals surface area (Å²) in [5.41, 5.74) is 6.15. The quantitative estimate of drug-likeness (QED) is 0.629. The number of fused-ring (bicyclic) bond motifs is 1. The molecule has 0 atom stereocenters. The molecule has 2 rings (SSSR count). The van der Waals surface area contributed by atoms with Crippen LogP contribution in [0.15, 0.2) is 18.5 Å². The molecule has 6 heteroatoms. The minimum Gasteiger partial charge on any atom is -0.393 e. The van der Waals surface area contributed by atoms with Crippen molar-refractivity contribution in [3.8, 4) is 0 Å². The molecule has 17 heavy (non-hydrogen) atoms. The number of nitrogens with two attached hydrogens (primary N) is 1. The van der Waals surface area contributed by atoms with Crippen molar-refractivity contribution >= 4 is 29.0 Å². The smallest absolute Gasteiger partial charge is 0.263 e. The molecule has 2 N–H and O–H groups in total. The fraction of sp³-hybridized carbons (Fsp3) is 0.273. The van der Waals surface area contributed by atoms with E-state index in [1.165, 1.54) is 17.3 Å². The van der Waals surface area contributed by atoms with Gasteiger partial charge in [0.25, 0.3) is 11.8 Å². The standard InChI is InChI=1S/C11H11N3O2S/c12-9(17)2-1-5-14-10(15)7-3-4-13-6-8(7)11(14)16/h3-4,6H,1-2,5H2,(H2,12,17). The third kappa shape index (κ3) is 2.16. The van der Waals surface area contributed by atoms with Crippen LogP contribution in [0.1, 0.15) is 33.6 Å². The van der Waals surface area contributed by atoms with Gasteiger partial charge in [-0.3, -0.25) is 19.5 Å². The average Bonchev–Trinajstić information content (AvgIpc) is 2.54. The monoisotopic (exact) mass is 249 g/mol. The summed E-state index contributed by atoms with van der Waals surface area (Å²) in [4.78, 5) is 29.2. The molecular formula is C11H11N3O2S. The number of nitrogens with zero attached hydrogens (tertiary/aromatic N) is 2. The molecule has 2 heterocycles. The van der Waals surface area contributed by atoms with Crippen molar-refractivity contribution < 1.29 is 9.59 Å². The molecule has 0 fully saturated rings. The zero-order chi connectivity index (χ0) is 12.4. The highest BCUT2D eigenvalue weighted by Gasteiger charge is 2.34. The Bertz CT molecular complexity index is 466. The lowest BCUT2D eigenvalue weighted by atomic mass is 10.2. The Hall–Kier alpha value is -1.82. The minimum atomic E-state index is -0.291. The number of pyridine rings is 1. The number of hydrogen-bond acceptors (Lipinski definition) is 4. The van der Waals surface area contributed by atoms with Gasteiger partial charge < -0.3 is 5.73 Å². The van der Waals surface area contributed by atoms with Crippen LogP contribution in [0.3, 0.4) is 0 Å². The van der Waals surface area contributed by atoms with Crippen LogP contribution in [0.4, 0.5) is 0 Å². The van der Waals surface area contributed by atoms with E-state index in [4.69, 9.17) is 18.0 Å². The zero-order valence-electron chi connectivity index (χ0n) is 9.05. The van der Waals surface area contributed by atoms with E-state index in [1.807, 2.05) is 0 Å². The van der Waals surface area contributed by atoms with Gasteiger partial charge in [0.05, 0.1) is 16.1 Å². The summed E-state index contributed by atoms with van der Waals surface area (Å²) < 4.78 is 0. The Morgan fingerprint density at radius 1 is 1.35 bits per heavy atom. The maximum Gasteiger partial charge on any atom is 0.263 e. The second-order valence-corrected chi connectivity index (χ2v) is 4.28. The van der Waals surface area contributed by atoms with Crippen LogP contribution < -0.4 is 5.73 Å².